The van der Waals surface area contributed by atoms with Gasteiger partial charge in [-0.05, 0) is 25.5 Å². The number of hydrogen-bond acceptors (Lipinski definition) is 5. The lowest BCUT2D eigenvalue weighted by Gasteiger charge is -2.04. The number of carbonyl (C=O) groups is 1. The van der Waals surface area contributed by atoms with E-state index in [1.807, 2.05) is 0 Å². The van der Waals surface area contributed by atoms with E-state index in [-0.39, 0.29) is 11.9 Å². The molecule has 1 atom stereocenters. The van der Waals surface area contributed by atoms with Crippen LogP contribution in [0.25, 0.3) is 0 Å². The summed E-state index contributed by atoms with van der Waals surface area (Å²) in [6.45, 7) is 0.979. The van der Waals surface area contributed by atoms with Crippen molar-refractivity contribution in [2.75, 3.05) is 12.3 Å². The first kappa shape index (κ1) is 11.0. The number of nitrogens with one attached hydrogen (secondary N) is 1. The van der Waals surface area contributed by atoms with Gasteiger partial charge in [0.15, 0.2) is 0 Å². The molecule has 3 rings (SSSR count). The van der Waals surface area contributed by atoms with Gasteiger partial charge in [-0.2, -0.15) is 9.78 Å². The summed E-state index contributed by atoms with van der Waals surface area (Å²) in [4.78, 5) is 12.1. The molecule has 1 fully saturated rings. The molecule has 1 aliphatic heterocycles. The van der Waals surface area contributed by atoms with Crippen LogP contribution in [0.3, 0.4) is 0 Å². The van der Waals surface area contributed by atoms with E-state index in [9.17, 15) is 4.79 Å². The van der Waals surface area contributed by atoms with E-state index in [1.165, 1.54) is 17.2 Å². The molecule has 6 nitrogen and oxygen atoms in total. The number of nitrogens with two attached hydrogens (primary N) is 1. The van der Waals surface area contributed by atoms with Crippen molar-refractivity contribution in [1.29, 1.82) is 0 Å². The van der Waals surface area contributed by atoms with Crippen LogP contribution in [0.15, 0.2) is 29.1 Å². The van der Waals surface area contributed by atoms with Crippen molar-refractivity contribution in [1.82, 2.24) is 15.1 Å². The van der Waals surface area contributed by atoms with Crippen molar-refractivity contribution in [2.45, 2.75) is 18.9 Å². The number of furan rings is 1. The Bertz CT molecular complexity index is 553. The second-order valence-corrected chi connectivity index (χ2v) is 4.37. The first-order chi connectivity index (χ1) is 8.75. The lowest BCUT2D eigenvalue weighted by atomic mass is 10.2. The fraction of sp³-hybridized carbons (Fsp3) is 0.333. The van der Waals surface area contributed by atoms with E-state index >= 15 is 0 Å². The molecule has 18 heavy (non-hydrogen) atoms. The number of nitrogens with zero attached hydrogens (tertiary/aromatic N) is 2. The minimum Gasteiger partial charge on any atom is -0.472 e. The molecule has 1 aliphatic rings. The standard InChI is InChI=1S/C12H14N4O2/c13-11-6-10(9-2-1-4-14-9)15-16(11)12(17)8-3-5-18-7-8/h3,5-7,9,14H,1-2,4,13H2. The molecule has 0 aliphatic carbocycles. The minimum absolute atomic E-state index is 0.200. The first-order valence-electron chi connectivity index (χ1n) is 5.91. The first-order valence-corrected chi connectivity index (χ1v) is 5.91. The van der Waals surface area contributed by atoms with Crippen LogP contribution in [0.1, 0.15) is 34.9 Å². The molecule has 2 aromatic heterocycles. The molecule has 0 aromatic carbocycles. The summed E-state index contributed by atoms with van der Waals surface area (Å²) < 4.78 is 6.11. The number of rotatable bonds is 2. The Morgan fingerprint density at radius 2 is 2.50 bits per heavy atom. The maximum Gasteiger partial charge on any atom is 0.283 e. The fourth-order valence-corrected chi connectivity index (χ4v) is 2.19. The lowest BCUT2D eigenvalue weighted by molar-refractivity contribution is 0.0946. The Kier molecular flexibility index (Phi) is 2.64. The number of carbonyl (C=O) groups excluding carboxylic acids is 1. The summed E-state index contributed by atoms with van der Waals surface area (Å²) in [5, 5.41) is 7.61. The van der Waals surface area contributed by atoms with Crippen LogP contribution in [0.2, 0.25) is 0 Å². The van der Waals surface area contributed by atoms with Crippen molar-refractivity contribution >= 4 is 11.7 Å². The molecule has 1 unspecified atom stereocenters. The highest BCUT2D eigenvalue weighted by Crippen LogP contribution is 2.23. The monoisotopic (exact) mass is 246 g/mol. The molecule has 3 heterocycles. The predicted molar refractivity (Wildman–Crippen MR) is 65.1 cm³/mol. The molecular formula is C12H14N4O2. The minimum atomic E-state index is -0.273. The Hall–Kier alpha value is -2.08. The summed E-state index contributed by atoms with van der Waals surface area (Å²) in [6.07, 6.45) is 4.98. The molecule has 2 aromatic rings. The third-order valence-electron chi connectivity index (χ3n) is 3.13. The average Bonchev–Trinajstić information content (AvgIpc) is 3.10. The zero-order valence-electron chi connectivity index (χ0n) is 9.80. The van der Waals surface area contributed by atoms with Crippen molar-refractivity contribution in [3.63, 3.8) is 0 Å². The van der Waals surface area contributed by atoms with Gasteiger partial charge in [0, 0.05) is 6.07 Å². The van der Waals surface area contributed by atoms with Crippen LogP contribution in [0.5, 0.6) is 0 Å². The molecule has 0 amide bonds. The van der Waals surface area contributed by atoms with Crippen LogP contribution in [-0.2, 0) is 0 Å². The van der Waals surface area contributed by atoms with E-state index in [2.05, 4.69) is 10.4 Å². The highest BCUT2D eigenvalue weighted by Gasteiger charge is 2.22. The quantitative estimate of drug-likeness (QED) is 0.830. The van der Waals surface area contributed by atoms with Crippen LogP contribution in [-0.4, -0.2) is 22.2 Å². The molecule has 0 saturated carbocycles. The van der Waals surface area contributed by atoms with Gasteiger partial charge in [0.25, 0.3) is 5.91 Å². The van der Waals surface area contributed by atoms with Crippen LogP contribution >= 0.6 is 0 Å². The number of hydrogen-bond donors (Lipinski definition) is 2. The van der Waals surface area contributed by atoms with E-state index < -0.39 is 0 Å². The van der Waals surface area contributed by atoms with Gasteiger partial charge in [0.2, 0.25) is 0 Å². The summed E-state index contributed by atoms with van der Waals surface area (Å²) >= 11 is 0. The van der Waals surface area contributed by atoms with Crippen molar-refractivity contribution in [3.8, 4) is 0 Å². The number of anilines is 1. The van der Waals surface area contributed by atoms with Crippen molar-refractivity contribution in [3.05, 3.63) is 35.9 Å². The smallest absolute Gasteiger partial charge is 0.283 e. The maximum absolute atomic E-state index is 12.1. The van der Waals surface area contributed by atoms with E-state index in [0.717, 1.165) is 25.1 Å². The molecule has 94 valence electrons. The fourth-order valence-electron chi connectivity index (χ4n) is 2.19. The SMILES string of the molecule is Nc1cc(C2CCCN2)nn1C(=O)c1ccoc1. The number of nitrogen functional groups attached to an aromatic ring is 1. The summed E-state index contributed by atoms with van der Waals surface area (Å²) in [5.41, 5.74) is 7.10. The Morgan fingerprint density at radius 1 is 1.61 bits per heavy atom. The zero-order chi connectivity index (χ0) is 12.5. The van der Waals surface area contributed by atoms with Gasteiger partial charge in [-0.1, -0.05) is 0 Å². The largest absolute Gasteiger partial charge is 0.472 e. The van der Waals surface area contributed by atoms with Gasteiger partial charge in [0.1, 0.15) is 12.1 Å². The van der Waals surface area contributed by atoms with Gasteiger partial charge in [-0.25, -0.2) is 0 Å². The highest BCUT2D eigenvalue weighted by atomic mass is 16.3. The molecule has 0 bridgehead atoms. The van der Waals surface area contributed by atoms with Crippen LogP contribution < -0.4 is 11.1 Å². The summed E-state index contributed by atoms with van der Waals surface area (Å²) in [6, 6.07) is 3.54. The van der Waals surface area contributed by atoms with Crippen molar-refractivity contribution in [2.24, 2.45) is 0 Å². The zero-order valence-corrected chi connectivity index (χ0v) is 9.80. The average molecular weight is 246 g/mol. The molecule has 1 saturated heterocycles. The molecule has 0 spiro atoms. The van der Waals surface area contributed by atoms with E-state index in [0.29, 0.717) is 11.4 Å². The van der Waals surface area contributed by atoms with Crippen molar-refractivity contribution < 1.29 is 9.21 Å². The van der Waals surface area contributed by atoms with Gasteiger partial charge < -0.3 is 15.5 Å². The second-order valence-electron chi connectivity index (χ2n) is 4.37. The predicted octanol–water partition coefficient (Wildman–Crippen LogP) is 1.17. The highest BCUT2D eigenvalue weighted by molar-refractivity contribution is 5.96. The number of aromatic nitrogens is 2. The van der Waals surface area contributed by atoms with Crippen LogP contribution in [0.4, 0.5) is 5.82 Å². The van der Waals surface area contributed by atoms with Gasteiger partial charge in [-0.3, -0.25) is 4.79 Å². The van der Waals surface area contributed by atoms with Gasteiger partial charge in [0.05, 0.1) is 23.6 Å². The molecular weight excluding hydrogens is 232 g/mol. The third-order valence-corrected chi connectivity index (χ3v) is 3.13. The Balaban J connectivity index is 1.90. The topological polar surface area (TPSA) is 86.1 Å². The molecule has 6 heteroatoms. The Morgan fingerprint density at radius 3 is 3.17 bits per heavy atom. The summed E-state index contributed by atoms with van der Waals surface area (Å²) in [7, 11) is 0. The lowest BCUT2D eigenvalue weighted by Crippen LogP contribution is -2.17. The summed E-state index contributed by atoms with van der Waals surface area (Å²) in [5.74, 6) is 0.0791. The molecule has 3 N–H and O–H groups in total. The van der Waals surface area contributed by atoms with Gasteiger partial charge in [-0.15, -0.1) is 0 Å². The third kappa shape index (κ3) is 1.80. The normalized spacial score (nSPS) is 19.2. The van der Waals surface area contributed by atoms with Crippen LogP contribution in [0, 0.1) is 0 Å². The second kappa shape index (κ2) is 4.30. The Labute approximate surface area is 104 Å². The van der Waals surface area contributed by atoms with E-state index in [4.69, 9.17) is 10.2 Å². The maximum atomic E-state index is 12.1. The van der Waals surface area contributed by atoms with E-state index in [1.54, 1.807) is 12.1 Å². The molecule has 0 radical (unpaired) electrons. The van der Waals surface area contributed by atoms with Gasteiger partial charge >= 0.3 is 0 Å².